The molecule has 0 aliphatic carbocycles. The van der Waals surface area contributed by atoms with E-state index in [1.165, 1.54) is 12.3 Å². The average molecular weight is 369 g/mol. The number of rotatable bonds is 5. The molecule has 0 aliphatic heterocycles. The quantitative estimate of drug-likeness (QED) is 0.401. The molecule has 1 amide bonds. The summed E-state index contributed by atoms with van der Waals surface area (Å²) in [4.78, 5) is 12.3. The Morgan fingerprint density at radius 2 is 2.04 bits per heavy atom. The normalized spacial score (nSPS) is 11.2. The Morgan fingerprint density at radius 3 is 2.65 bits per heavy atom. The third-order valence-electron chi connectivity index (χ3n) is 3.91. The van der Waals surface area contributed by atoms with E-state index in [1.54, 1.807) is 12.1 Å². The SMILES string of the molecule is Cc1cccc(C(C)C)c1N/C=C(/C#N)C(=O)Nc1ccc(N)c(Cl)c1. The largest absolute Gasteiger partial charge is 0.398 e. The molecule has 2 aromatic rings. The number of nitrogens with one attached hydrogen (secondary N) is 2. The zero-order valence-corrected chi connectivity index (χ0v) is 15.7. The standard InChI is InChI=1S/C20H21ClN4O/c1-12(2)16-6-4-5-13(3)19(16)24-11-14(10-22)20(26)25-15-7-8-18(23)17(21)9-15/h4-9,11-12,24H,23H2,1-3H3,(H,25,26)/b14-11-. The molecule has 0 saturated heterocycles. The molecule has 0 fully saturated rings. The van der Waals surface area contributed by atoms with E-state index in [2.05, 4.69) is 24.5 Å². The molecule has 4 N–H and O–H groups in total. The second-order valence-corrected chi connectivity index (χ2v) is 6.61. The van der Waals surface area contributed by atoms with Crippen molar-refractivity contribution in [1.29, 1.82) is 5.26 Å². The van der Waals surface area contributed by atoms with Gasteiger partial charge in [-0.1, -0.05) is 43.6 Å². The summed E-state index contributed by atoms with van der Waals surface area (Å²) in [6.07, 6.45) is 1.42. The molecule has 2 aromatic carbocycles. The summed E-state index contributed by atoms with van der Waals surface area (Å²) in [5, 5.41) is 15.4. The first kappa shape index (κ1) is 19.4. The van der Waals surface area contributed by atoms with E-state index >= 15 is 0 Å². The maximum atomic E-state index is 12.3. The van der Waals surface area contributed by atoms with Crippen LogP contribution in [0.5, 0.6) is 0 Å². The van der Waals surface area contributed by atoms with Gasteiger partial charge in [0.1, 0.15) is 11.6 Å². The Balaban J connectivity index is 2.22. The monoisotopic (exact) mass is 368 g/mol. The molecule has 0 atom stereocenters. The summed E-state index contributed by atoms with van der Waals surface area (Å²) in [6, 6.07) is 12.7. The Bertz CT molecular complexity index is 897. The Hall–Kier alpha value is -2.97. The molecule has 0 heterocycles. The van der Waals surface area contributed by atoms with Crippen LogP contribution in [0.1, 0.15) is 30.9 Å². The molecule has 2 rings (SSSR count). The van der Waals surface area contributed by atoms with E-state index in [1.807, 2.05) is 31.2 Å². The Morgan fingerprint density at radius 1 is 1.31 bits per heavy atom. The minimum Gasteiger partial charge on any atom is -0.398 e. The first-order valence-corrected chi connectivity index (χ1v) is 8.54. The number of hydrogen-bond donors (Lipinski definition) is 3. The number of nitrogen functional groups attached to an aromatic ring is 1. The van der Waals surface area contributed by atoms with E-state index in [4.69, 9.17) is 17.3 Å². The zero-order chi connectivity index (χ0) is 19.3. The number of benzene rings is 2. The number of hydrogen-bond acceptors (Lipinski definition) is 4. The van der Waals surface area contributed by atoms with Crippen LogP contribution in [0.3, 0.4) is 0 Å². The first-order chi connectivity index (χ1) is 12.3. The van der Waals surface area contributed by atoms with Crippen molar-refractivity contribution in [3.63, 3.8) is 0 Å². The van der Waals surface area contributed by atoms with Gasteiger partial charge in [-0.3, -0.25) is 4.79 Å². The summed E-state index contributed by atoms with van der Waals surface area (Å²) in [5.41, 5.74) is 9.55. The van der Waals surface area contributed by atoms with Crippen LogP contribution >= 0.6 is 11.6 Å². The van der Waals surface area contributed by atoms with Crippen LogP contribution in [0.15, 0.2) is 48.2 Å². The van der Waals surface area contributed by atoms with Crippen molar-refractivity contribution in [2.24, 2.45) is 0 Å². The maximum absolute atomic E-state index is 12.3. The molecule has 6 heteroatoms. The van der Waals surface area contributed by atoms with Gasteiger partial charge in [0.05, 0.1) is 10.7 Å². The number of halogens is 1. The van der Waals surface area contributed by atoms with Crippen molar-refractivity contribution in [3.8, 4) is 6.07 Å². The van der Waals surface area contributed by atoms with E-state index in [9.17, 15) is 10.1 Å². The van der Waals surface area contributed by atoms with E-state index in [0.717, 1.165) is 16.8 Å². The lowest BCUT2D eigenvalue weighted by molar-refractivity contribution is -0.112. The summed E-state index contributed by atoms with van der Waals surface area (Å²) < 4.78 is 0. The van der Waals surface area contributed by atoms with Gasteiger partial charge in [0.15, 0.2) is 0 Å². The molecule has 5 nitrogen and oxygen atoms in total. The maximum Gasteiger partial charge on any atom is 0.267 e. The molecular formula is C20H21ClN4O. The summed E-state index contributed by atoms with van der Waals surface area (Å²) in [5.74, 6) is -0.220. The molecule has 0 bridgehead atoms. The molecule has 134 valence electrons. The van der Waals surface area contributed by atoms with E-state index < -0.39 is 5.91 Å². The third-order valence-corrected chi connectivity index (χ3v) is 4.24. The van der Waals surface area contributed by atoms with Crippen LogP contribution in [-0.2, 0) is 4.79 Å². The summed E-state index contributed by atoms with van der Waals surface area (Å²) >= 11 is 5.95. The lowest BCUT2D eigenvalue weighted by Gasteiger charge is -2.15. The second-order valence-electron chi connectivity index (χ2n) is 6.20. The fraction of sp³-hybridized carbons (Fsp3) is 0.200. The Labute approximate surface area is 158 Å². The van der Waals surface area contributed by atoms with Gasteiger partial charge >= 0.3 is 0 Å². The molecule has 0 aromatic heterocycles. The summed E-state index contributed by atoms with van der Waals surface area (Å²) in [6.45, 7) is 6.16. The van der Waals surface area contributed by atoms with E-state index in [-0.39, 0.29) is 5.57 Å². The highest BCUT2D eigenvalue weighted by Gasteiger charge is 2.12. The fourth-order valence-corrected chi connectivity index (χ4v) is 2.65. The molecule has 0 unspecified atom stereocenters. The molecule has 26 heavy (non-hydrogen) atoms. The van der Waals surface area contributed by atoms with Gasteiger partial charge in [0, 0.05) is 17.6 Å². The number of nitrogens with zero attached hydrogens (tertiary/aromatic N) is 1. The smallest absolute Gasteiger partial charge is 0.267 e. The fourth-order valence-electron chi connectivity index (χ4n) is 2.47. The lowest BCUT2D eigenvalue weighted by atomic mass is 9.98. The molecule has 0 aliphatic rings. The molecule has 0 spiro atoms. The van der Waals surface area contributed by atoms with Crippen LogP contribution in [-0.4, -0.2) is 5.91 Å². The number of para-hydroxylation sites is 1. The number of aryl methyl sites for hydroxylation is 1. The van der Waals surface area contributed by atoms with Crippen LogP contribution in [0, 0.1) is 18.3 Å². The summed E-state index contributed by atoms with van der Waals surface area (Å²) in [7, 11) is 0. The average Bonchev–Trinajstić information content (AvgIpc) is 2.59. The van der Waals surface area contributed by atoms with Crippen LogP contribution in [0.25, 0.3) is 0 Å². The van der Waals surface area contributed by atoms with Crippen molar-refractivity contribution >= 4 is 34.6 Å². The van der Waals surface area contributed by atoms with Gasteiger partial charge in [0.2, 0.25) is 0 Å². The van der Waals surface area contributed by atoms with Gasteiger partial charge in [-0.05, 0) is 42.2 Å². The minimum absolute atomic E-state index is 0.0455. The van der Waals surface area contributed by atoms with Crippen molar-refractivity contribution in [2.45, 2.75) is 26.7 Å². The minimum atomic E-state index is -0.527. The topological polar surface area (TPSA) is 90.9 Å². The lowest BCUT2D eigenvalue weighted by Crippen LogP contribution is -2.15. The highest BCUT2D eigenvalue weighted by atomic mass is 35.5. The number of anilines is 3. The number of amides is 1. The molecular weight excluding hydrogens is 348 g/mol. The highest BCUT2D eigenvalue weighted by molar-refractivity contribution is 6.33. The van der Waals surface area contributed by atoms with Crippen LogP contribution in [0.2, 0.25) is 5.02 Å². The third kappa shape index (κ3) is 4.56. The number of carbonyl (C=O) groups excluding carboxylic acids is 1. The number of nitrogens with two attached hydrogens (primary N) is 1. The number of carbonyl (C=O) groups is 1. The van der Waals surface area contributed by atoms with Gasteiger partial charge in [0.25, 0.3) is 5.91 Å². The molecule has 0 saturated carbocycles. The van der Waals surface area contributed by atoms with Crippen LogP contribution < -0.4 is 16.4 Å². The van der Waals surface area contributed by atoms with Gasteiger partial charge in [-0.15, -0.1) is 0 Å². The zero-order valence-electron chi connectivity index (χ0n) is 14.9. The van der Waals surface area contributed by atoms with Gasteiger partial charge in [-0.25, -0.2) is 0 Å². The van der Waals surface area contributed by atoms with Crippen molar-refractivity contribution < 1.29 is 4.79 Å². The van der Waals surface area contributed by atoms with Crippen molar-refractivity contribution in [3.05, 3.63) is 64.3 Å². The second kappa shape index (κ2) is 8.41. The van der Waals surface area contributed by atoms with E-state index in [0.29, 0.717) is 22.3 Å². The molecule has 0 radical (unpaired) electrons. The predicted octanol–water partition coefficient (Wildman–Crippen LogP) is 4.81. The first-order valence-electron chi connectivity index (χ1n) is 8.16. The highest BCUT2D eigenvalue weighted by Crippen LogP contribution is 2.27. The van der Waals surface area contributed by atoms with Crippen LogP contribution in [0.4, 0.5) is 17.1 Å². The van der Waals surface area contributed by atoms with Crippen molar-refractivity contribution in [2.75, 3.05) is 16.4 Å². The van der Waals surface area contributed by atoms with Crippen molar-refractivity contribution in [1.82, 2.24) is 0 Å². The van der Waals surface area contributed by atoms with Gasteiger partial charge < -0.3 is 16.4 Å². The van der Waals surface area contributed by atoms with Gasteiger partial charge in [-0.2, -0.15) is 5.26 Å². The Kier molecular flexibility index (Phi) is 6.26. The predicted molar refractivity (Wildman–Crippen MR) is 107 cm³/mol. The number of nitriles is 1.